The molecule has 36 heavy (non-hydrogen) atoms. The number of alkyl halides is 6. The minimum absolute atomic E-state index is 0. The van der Waals surface area contributed by atoms with Crippen molar-refractivity contribution in [3.8, 4) is 0 Å². The summed E-state index contributed by atoms with van der Waals surface area (Å²) in [5.41, 5.74) is 1.87. The summed E-state index contributed by atoms with van der Waals surface area (Å²) in [4.78, 5) is 22.5. The summed E-state index contributed by atoms with van der Waals surface area (Å²) in [6, 6.07) is 0.470. The number of halogens is 7. The SMILES string of the molecule is Cc1cnc(N[C@H]2CC[C@@H](Cc3c(C(N)=O)cc(C(F)(F)F)cc3C(F)(F)F)CC2)nc1N(C)C.Cl. The van der Waals surface area contributed by atoms with Crippen LogP contribution < -0.4 is 16.0 Å². The van der Waals surface area contributed by atoms with E-state index in [9.17, 15) is 31.1 Å². The standard InChI is InChI=1S/C23H27F6N5O.ClH/c1-12-11-31-21(33-20(12)34(2)3)32-15-6-4-13(5-7-15)8-16-17(19(30)35)9-14(22(24,25)26)10-18(16)23(27,28)29;/h9-11,13,15H,4-8H2,1-3H3,(H2,30,35)(H,31,32,33);1H/t13-,15+;. The molecule has 1 aliphatic carbocycles. The van der Waals surface area contributed by atoms with Gasteiger partial charge in [0.15, 0.2) is 0 Å². The molecule has 0 saturated heterocycles. The molecule has 200 valence electrons. The van der Waals surface area contributed by atoms with Crippen molar-refractivity contribution in [2.75, 3.05) is 24.3 Å². The lowest BCUT2D eigenvalue weighted by molar-refractivity contribution is -0.143. The van der Waals surface area contributed by atoms with Crippen molar-refractivity contribution in [1.29, 1.82) is 0 Å². The van der Waals surface area contributed by atoms with E-state index >= 15 is 0 Å². The quantitative estimate of drug-likeness (QED) is 0.465. The van der Waals surface area contributed by atoms with Crippen LogP contribution in [0, 0.1) is 12.8 Å². The number of amides is 1. The molecule has 6 nitrogen and oxygen atoms in total. The first-order valence-electron chi connectivity index (χ1n) is 11.1. The van der Waals surface area contributed by atoms with Crippen LogP contribution in [0.3, 0.4) is 0 Å². The normalized spacial score (nSPS) is 18.4. The van der Waals surface area contributed by atoms with Crippen LogP contribution in [0.2, 0.25) is 0 Å². The summed E-state index contributed by atoms with van der Waals surface area (Å²) in [6.45, 7) is 1.89. The minimum atomic E-state index is -5.06. The maximum atomic E-state index is 13.7. The molecular weight excluding hydrogens is 512 g/mol. The van der Waals surface area contributed by atoms with Crippen LogP contribution in [0.4, 0.5) is 38.1 Å². The molecule has 3 rings (SSSR count). The molecule has 2 aromatic rings. The third kappa shape index (κ3) is 6.92. The Labute approximate surface area is 211 Å². The first kappa shape index (κ1) is 29.5. The number of nitrogens with two attached hydrogens (primary N) is 1. The van der Waals surface area contributed by atoms with Gasteiger partial charge in [0.2, 0.25) is 11.9 Å². The maximum absolute atomic E-state index is 13.7. The fraction of sp³-hybridized carbons (Fsp3) is 0.522. The number of rotatable bonds is 6. The lowest BCUT2D eigenvalue weighted by Crippen LogP contribution is -2.29. The number of carbonyl (C=O) groups excluding carboxylic acids is 1. The van der Waals surface area contributed by atoms with Crippen LogP contribution in [0.25, 0.3) is 0 Å². The molecule has 0 unspecified atom stereocenters. The second kappa shape index (κ2) is 11.1. The smallest absolute Gasteiger partial charge is 0.366 e. The van der Waals surface area contributed by atoms with Crippen molar-refractivity contribution in [3.63, 3.8) is 0 Å². The topological polar surface area (TPSA) is 84.1 Å². The van der Waals surface area contributed by atoms with E-state index in [-0.39, 0.29) is 36.9 Å². The van der Waals surface area contributed by atoms with Gasteiger partial charge in [-0.2, -0.15) is 31.3 Å². The zero-order valence-corrected chi connectivity index (χ0v) is 20.7. The molecule has 1 aliphatic rings. The van der Waals surface area contributed by atoms with E-state index in [4.69, 9.17) is 5.73 Å². The number of carbonyl (C=O) groups is 1. The zero-order chi connectivity index (χ0) is 26.1. The second-order valence-electron chi connectivity index (χ2n) is 9.07. The summed E-state index contributed by atoms with van der Waals surface area (Å²) >= 11 is 0. The molecule has 0 radical (unpaired) electrons. The van der Waals surface area contributed by atoms with Crippen molar-refractivity contribution < 1.29 is 31.1 Å². The van der Waals surface area contributed by atoms with Gasteiger partial charge in [0, 0.05) is 37.5 Å². The largest absolute Gasteiger partial charge is 0.416 e. The van der Waals surface area contributed by atoms with Gasteiger partial charge in [-0.3, -0.25) is 4.79 Å². The second-order valence-corrected chi connectivity index (χ2v) is 9.07. The lowest BCUT2D eigenvalue weighted by atomic mass is 9.80. The fourth-order valence-corrected chi connectivity index (χ4v) is 4.47. The van der Waals surface area contributed by atoms with Crippen molar-refractivity contribution in [3.05, 3.63) is 46.1 Å². The van der Waals surface area contributed by atoms with Gasteiger partial charge in [0.25, 0.3) is 0 Å². The van der Waals surface area contributed by atoms with E-state index in [1.807, 2.05) is 25.9 Å². The molecular formula is C23H28ClF6N5O. The van der Waals surface area contributed by atoms with Gasteiger partial charge in [-0.05, 0) is 62.6 Å². The Morgan fingerprint density at radius 3 is 2.19 bits per heavy atom. The molecule has 1 amide bonds. The van der Waals surface area contributed by atoms with Crippen molar-refractivity contribution in [2.24, 2.45) is 11.7 Å². The molecule has 3 N–H and O–H groups in total. The van der Waals surface area contributed by atoms with Crippen LogP contribution in [0.5, 0.6) is 0 Å². The molecule has 0 atom stereocenters. The predicted molar refractivity (Wildman–Crippen MR) is 126 cm³/mol. The van der Waals surface area contributed by atoms with E-state index < -0.39 is 40.5 Å². The Balaban J connectivity index is 0.00000456. The van der Waals surface area contributed by atoms with Crippen molar-refractivity contribution in [2.45, 2.75) is 57.4 Å². The number of anilines is 2. The lowest BCUT2D eigenvalue weighted by Gasteiger charge is -2.30. The summed E-state index contributed by atoms with van der Waals surface area (Å²) in [5.74, 6) is -0.363. The number of nitrogens with one attached hydrogen (secondary N) is 1. The molecule has 1 aromatic carbocycles. The molecule has 1 aromatic heterocycles. The number of aryl methyl sites for hydroxylation is 1. The Bertz CT molecular complexity index is 1080. The summed E-state index contributed by atoms with van der Waals surface area (Å²) in [5, 5.41) is 3.25. The van der Waals surface area contributed by atoms with Crippen LogP contribution in [-0.2, 0) is 18.8 Å². The van der Waals surface area contributed by atoms with E-state index in [0.29, 0.717) is 37.7 Å². The minimum Gasteiger partial charge on any atom is -0.366 e. The van der Waals surface area contributed by atoms with Gasteiger partial charge in [0.05, 0.1) is 11.1 Å². The van der Waals surface area contributed by atoms with Crippen LogP contribution in [-0.4, -0.2) is 36.0 Å². The fourth-order valence-electron chi connectivity index (χ4n) is 4.47. The van der Waals surface area contributed by atoms with E-state index in [0.717, 1.165) is 11.4 Å². The molecule has 0 spiro atoms. The van der Waals surface area contributed by atoms with Gasteiger partial charge < -0.3 is 16.0 Å². The number of hydrogen-bond acceptors (Lipinski definition) is 5. The highest BCUT2D eigenvalue weighted by Gasteiger charge is 2.40. The number of benzene rings is 1. The molecule has 0 bridgehead atoms. The first-order valence-corrected chi connectivity index (χ1v) is 11.1. The Hall–Kier alpha value is -2.76. The van der Waals surface area contributed by atoms with Crippen LogP contribution >= 0.6 is 12.4 Å². The third-order valence-electron chi connectivity index (χ3n) is 6.19. The van der Waals surface area contributed by atoms with Crippen molar-refractivity contribution in [1.82, 2.24) is 9.97 Å². The number of aromatic nitrogens is 2. The van der Waals surface area contributed by atoms with E-state index in [2.05, 4.69) is 15.3 Å². The summed E-state index contributed by atoms with van der Waals surface area (Å²) in [7, 11) is 3.72. The van der Waals surface area contributed by atoms with E-state index in [1.165, 1.54) is 0 Å². The highest BCUT2D eigenvalue weighted by Crippen LogP contribution is 2.41. The van der Waals surface area contributed by atoms with Gasteiger partial charge in [-0.1, -0.05) is 0 Å². The Morgan fingerprint density at radius 2 is 1.69 bits per heavy atom. The summed E-state index contributed by atoms with van der Waals surface area (Å²) in [6.07, 6.45) is -6.36. The Kier molecular flexibility index (Phi) is 9.09. The third-order valence-corrected chi connectivity index (χ3v) is 6.19. The molecule has 1 saturated carbocycles. The molecule has 0 aliphatic heterocycles. The van der Waals surface area contributed by atoms with Gasteiger partial charge >= 0.3 is 12.4 Å². The molecule has 1 heterocycles. The van der Waals surface area contributed by atoms with Crippen LogP contribution in [0.1, 0.15) is 58.3 Å². The average Bonchev–Trinajstić information content (AvgIpc) is 2.74. The Morgan fingerprint density at radius 1 is 1.08 bits per heavy atom. The van der Waals surface area contributed by atoms with Crippen LogP contribution in [0.15, 0.2) is 18.3 Å². The number of nitrogens with zero attached hydrogens (tertiary/aromatic N) is 3. The van der Waals surface area contributed by atoms with Gasteiger partial charge in [0.1, 0.15) is 5.82 Å². The maximum Gasteiger partial charge on any atom is 0.416 e. The number of hydrogen-bond donors (Lipinski definition) is 2. The predicted octanol–water partition coefficient (Wildman–Crippen LogP) is 5.62. The highest BCUT2D eigenvalue weighted by atomic mass is 35.5. The average molecular weight is 540 g/mol. The zero-order valence-electron chi connectivity index (χ0n) is 19.9. The first-order chi connectivity index (χ1) is 16.2. The van der Waals surface area contributed by atoms with E-state index in [1.54, 1.807) is 6.20 Å². The highest BCUT2D eigenvalue weighted by molar-refractivity contribution is 5.95. The summed E-state index contributed by atoms with van der Waals surface area (Å²) < 4.78 is 80.6. The van der Waals surface area contributed by atoms with Gasteiger partial charge in [-0.15, -0.1) is 12.4 Å². The van der Waals surface area contributed by atoms with Gasteiger partial charge in [-0.25, -0.2) is 4.98 Å². The number of primary amides is 1. The monoisotopic (exact) mass is 539 g/mol. The van der Waals surface area contributed by atoms with Crippen molar-refractivity contribution >= 4 is 30.1 Å². The molecule has 13 heteroatoms. The molecule has 1 fully saturated rings.